The minimum absolute atomic E-state index is 0.296. The van der Waals surface area contributed by atoms with E-state index in [0.717, 1.165) is 12.8 Å². The lowest BCUT2D eigenvalue weighted by molar-refractivity contribution is -0.145. The molecule has 0 aromatic rings. The van der Waals surface area contributed by atoms with Crippen LogP contribution in [0.5, 0.6) is 0 Å². The zero-order chi connectivity index (χ0) is 18.3. The molecule has 0 rings (SSSR count). The first-order valence-corrected chi connectivity index (χ1v) is 9.88. The Morgan fingerprint density at radius 3 is 2.30 bits per heavy atom. The highest BCUT2D eigenvalue weighted by Crippen LogP contribution is 2.22. The summed E-state index contributed by atoms with van der Waals surface area (Å²) in [5.74, 6) is -0.899. The smallest absolute Gasteiger partial charge is 0.312 e. The van der Waals surface area contributed by atoms with Crippen molar-refractivity contribution in [2.24, 2.45) is 5.92 Å². The Morgan fingerprint density at radius 2 is 1.87 bits per heavy atom. The third kappa shape index (κ3) is 7.68. The Balaban J connectivity index is 5.27. The summed E-state index contributed by atoms with van der Waals surface area (Å²) in [5, 5.41) is 0.326. The van der Waals surface area contributed by atoms with Crippen molar-refractivity contribution in [3.05, 3.63) is 11.1 Å². The van der Waals surface area contributed by atoms with E-state index in [4.69, 9.17) is 16.3 Å². The average molecular weight is 368 g/mol. The van der Waals surface area contributed by atoms with Crippen LogP contribution in [0.4, 0.5) is 0 Å². The zero-order valence-corrected chi connectivity index (χ0v) is 16.6. The van der Waals surface area contributed by atoms with Gasteiger partial charge >= 0.3 is 5.97 Å². The number of halogens is 1. The maximum absolute atomic E-state index is 12.4. The van der Waals surface area contributed by atoms with Gasteiger partial charge in [0.15, 0.2) is 0 Å². The van der Waals surface area contributed by atoms with Gasteiger partial charge in [-0.05, 0) is 41.0 Å². The van der Waals surface area contributed by atoms with Crippen LogP contribution in [0.25, 0.3) is 0 Å². The molecular weight excluding hydrogens is 338 g/mol. The van der Waals surface area contributed by atoms with Crippen molar-refractivity contribution >= 4 is 27.6 Å². The van der Waals surface area contributed by atoms with Crippen LogP contribution < -0.4 is 4.72 Å². The van der Waals surface area contributed by atoms with Crippen LogP contribution in [0.15, 0.2) is 11.1 Å². The number of unbranched alkanes of at least 4 members (excludes halogenated alkanes) is 1. The number of rotatable bonds is 9. The fraction of sp³-hybridized carbons (Fsp3) is 0.812. The summed E-state index contributed by atoms with van der Waals surface area (Å²) in [6.07, 6.45) is 3.89. The second-order valence-electron chi connectivity index (χ2n) is 6.52. The van der Waals surface area contributed by atoms with Gasteiger partial charge in [-0.1, -0.05) is 37.4 Å². The summed E-state index contributed by atoms with van der Waals surface area (Å²) in [7, 11) is -3.53. The highest BCUT2D eigenvalue weighted by molar-refractivity contribution is 7.90. The van der Waals surface area contributed by atoms with Crippen LogP contribution in [-0.2, 0) is 19.6 Å². The van der Waals surface area contributed by atoms with E-state index in [1.165, 1.54) is 0 Å². The number of ether oxygens (including phenoxy) is 1. The molecule has 1 N–H and O–H groups in total. The molecule has 2 atom stereocenters. The number of carbonyl (C=O) groups excluding carboxylic acids is 1. The maximum atomic E-state index is 12.4. The lowest BCUT2D eigenvalue weighted by Crippen LogP contribution is -2.45. The molecule has 0 unspecified atom stereocenters. The van der Waals surface area contributed by atoms with E-state index in [1.807, 2.05) is 6.92 Å². The largest absolute Gasteiger partial charge is 0.466 e. The van der Waals surface area contributed by atoms with Gasteiger partial charge in [0.05, 0.1) is 23.3 Å². The summed E-state index contributed by atoms with van der Waals surface area (Å²) in [6.45, 7) is 10.6. The van der Waals surface area contributed by atoms with E-state index in [-0.39, 0.29) is 5.97 Å². The van der Waals surface area contributed by atoms with Crippen LogP contribution >= 0.6 is 11.6 Å². The Labute approximate surface area is 145 Å². The van der Waals surface area contributed by atoms with E-state index < -0.39 is 26.7 Å². The normalized spacial score (nSPS) is 16.0. The van der Waals surface area contributed by atoms with Crippen LogP contribution in [0.3, 0.4) is 0 Å². The van der Waals surface area contributed by atoms with E-state index in [9.17, 15) is 13.2 Å². The molecule has 0 saturated heterocycles. The van der Waals surface area contributed by atoms with Gasteiger partial charge in [0, 0.05) is 5.03 Å². The molecule has 7 heteroatoms. The van der Waals surface area contributed by atoms with Crippen molar-refractivity contribution in [3.8, 4) is 0 Å². The molecule has 0 bridgehead atoms. The minimum Gasteiger partial charge on any atom is -0.466 e. The van der Waals surface area contributed by atoms with Crippen molar-refractivity contribution in [1.82, 2.24) is 4.72 Å². The molecule has 136 valence electrons. The Bertz CT molecular complexity index is 509. The fourth-order valence-electron chi connectivity index (χ4n) is 1.72. The molecule has 0 aromatic carbocycles. The number of esters is 1. The monoisotopic (exact) mass is 367 g/mol. The average Bonchev–Trinajstić information content (AvgIpc) is 2.42. The molecule has 0 aliphatic heterocycles. The molecule has 5 nitrogen and oxygen atoms in total. The van der Waals surface area contributed by atoms with Crippen LogP contribution in [0.1, 0.15) is 60.8 Å². The molecule has 0 heterocycles. The summed E-state index contributed by atoms with van der Waals surface area (Å²) in [5.41, 5.74) is 0. The summed E-state index contributed by atoms with van der Waals surface area (Å²) in [6, 6.07) is -0.530. The zero-order valence-electron chi connectivity index (χ0n) is 15.0. The van der Waals surface area contributed by atoms with Crippen LogP contribution in [-0.4, -0.2) is 31.8 Å². The number of carbonyl (C=O) groups is 1. The van der Waals surface area contributed by atoms with E-state index in [0.29, 0.717) is 18.1 Å². The first-order chi connectivity index (χ1) is 10.5. The lowest BCUT2D eigenvalue weighted by Gasteiger charge is -2.25. The Morgan fingerprint density at radius 1 is 1.30 bits per heavy atom. The van der Waals surface area contributed by atoms with Crippen molar-refractivity contribution in [2.45, 2.75) is 71.6 Å². The van der Waals surface area contributed by atoms with Gasteiger partial charge in [-0.2, -0.15) is 0 Å². The predicted octanol–water partition coefficient (Wildman–Crippen LogP) is 3.59. The molecule has 0 spiro atoms. The van der Waals surface area contributed by atoms with Gasteiger partial charge in [-0.3, -0.25) is 4.79 Å². The standard InChI is InChI=1S/C16H30ClNO4S/c1-7-9-10-14(18-23(20,21)16(4,5)6)13(17)11-12(3)15(19)22-8-2/h11-12,14,18H,7-10H2,1-6H3/b13-11-/t12-,14+/m1/s1. The highest BCUT2D eigenvalue weighted by Gasteiger charge is 2.32. The summed E-state index contributed by atoms with van der Waals surface area (Å²) >= 11 is 6.30. The molecule has 0 aliphatic rings. The first kappa shape index (κ1) is 22.4. The van der Waals surface area contributed by atoms with Crippen molar-refractivity contribution in [3.63, 3.8) is 0 Å². The second kappa shape index (κ2) is 9.64. The number of hydrogen-bond acceptors (Lipinski definition) is 4. The lowest BCUT2D eigenvalue weighted by atomic mass is 10.1. The third-order valence-electron chi connectivity index (χ3n) is 3.35. The van der Waals surface area contributed by atoms with Crippen molar-refractivity contribution < 1.29 is 17.9 Å². The quantitative estimate of drug-likeness (QED) is 0.632. The molecular formula is C16H30ClNO4S. The molecule has 23 heavy (non-hydrogen) atoms. The highest BCUT2D eigenvalue weighted by atomic mass is 35.5. The Hall–Kier alpha value is -0.590. The van der Waals surface area contributed by atoms with Gasteiger partial charge in [0.1, 0.15) is 0 Å². The summed E-state index contributed by atoms with van der Waals surface area (Å²) < 4.78 is 31.4. The van der Waals surface area contributed by atoms with Gasteiger partial charge in [0.2, 0.25) is 10.0 Å². The van der Waals surface area contributed by atoms with Gasteiger partial charge in [-0.25, -0.2) is 13.1 Å². The van der Waals surface area contributed by atoms with Crippen molar-refractivity contribution in [1.29, 1.82) is 0 Å². The predicted molar refractivity (Wildman–Crippen MR) is 94.9 cm³/mol. The molecule has 0 radical (unpaired) electrons. The number of sulfonamides is 1. The topological polar surface area (TPSA) is 72.5 Å². The second-order valence-corrected chi connectivity index (χ2v) is 9.42. The van der Waals surface area contributed by atoms with E-state index in [2.05, 4.69) is 4.72 Å². The maximum Gasteiger partial charge on any atom is 0.312 e. The fourth-order valence-corrected chi connectivity index (χ4v) is 3.11. The number of hydrogen-bond donors (Lipinski definition) is 1. The summed E-state index contributed by atoms with van der Waals surface area (Å²) in [4.78, 5) is 11.7. The molecule has 0 saturated carbocycles. The Kier molecular flexibility index (Phi) is 9.40. The SMILES string of the molecule is CCCC[C@H](NS(=O)(=O)C(C)(C)C)/C(Cl)=C/[C@@H](C)C(=O)OCC. The first-order valence-electron chi connectivity index (χ1n) is 8.02. The van der Waals surface area contributed by atoms with Gasteiger partial charge in [-0.15, -0.1) is 0 Å². The number of nitrogens with one attached hydrogen (secondary N) is 1. The molecule has 0 amide bonds. The molecule has 0 aromatic heterocycles. The van der Waals surface area contributed by atoms with Gasteiger partial charge < -0.3 is 4.74 Å². The third-order valence-corrected chi connectivity index (χ3v) is 5.95. The van der Waals surface area contributed by atoms with Gasteiger partial charge in [0.25, 0.3) is 0 Å². The van der Waals surface area contributed by atoms with Crippen LogP contribution in [0, 0.1) is 5.92 Å². The van der Waals surface area contributed by atoms with Crippen molar-refractivity contribution in [2.75, 3.05) is 6.61 Å². The molecule has 0 aliphatic carbocycles. The van der Waals surface area contributed by atoms with E-state index >= 15 is 0 Å². The van der Waals surface area contributed by atoms with E-state index in [1.54, 1.807) is 40.7 Å². The minimum atomic E-state index is -3.53. The molecule has 0 fully saturated rings. The van der Waals surface area contributed by atoms with Crippen LogP contribution in [0.2, 0.25) is 0 Å².